The van der Waals surface area contributed by atoms with Crippen LogP contribution in [0.4, 0.5) is 0 Å². The van der Waals surface area contributed by atoms with Crippen LogP contribution in [0, 0.1) is 18.8 Å². The van der Waals surface area contributed by atoms with E-state index in [1.165, 1.54) is 22.2 Å². The molecule has 168 valence electrons. The van der Waals surface area contributed by atoms with Crippen LogP contribution in [-0.2, 0) is 16.1 Å². The highest BCUT2D eigenvalue weighted by atomic mass is 32.1. The summed E-state index contributed by atoms with van der Waals surface area (Å²) in [4.78, 5) is 45.8. The van der Waals surface area contributed by atoms with Crippen LogP contribution in [-0.4, -0.2) is 58.6 Å². The van der Waals surface area contributed by atoms with Gasteiger partial charge in [0.25, 0.3) is 11.5 Å². The normalized spacial score (nSPS) is 24.0. The number of thiophene rings is 1. The summed E-state index contributed by atoms with van der Waals surface area (Å²) in [6.07, 6.45) is 4.55. The van der Waals surface area contributed by atoms with Crippen molar-refractivity contribution >= 4 is 33.4 Å². The Labute approximate surface area is 185 Å². The third-order valence-electron chi connectivity index (χ3n) is 6.16. The van der Waals surface area contributed by atoms with E-state index >= 15 is 0 Å². The fourth-order valence-electron chi connectivity index (χ4n) is 4.69. The lowest BCUT2D eigenvalue weighted by Gasteiger charge is -2.35. The highest BCUT2D eigenvalue weighted by Crippen LogP contribution is 2.27. The highest BCUT2D eigenvalue weighted by Gasteiger charge is 2.26. The first-order valence-corrected chi connectivity index (χ1v) is 11.8. The molecule has 31 heavy (non-hydrogen) atoms. The molecule has 2 amide bonds. The first-order chi connectivity index (χ1) is 14.8. The van der Waals surface area contributed by atoms with Crippen molar-refractivity contribution in [3.05, 3.63) is 27.1 Å². The summed E-state index contributed by atoms with van der Waals surface area (Å²) in [6, 6.07) is 0. The Balaban J connectivity index is 1.51. The average molecular weight is 447 g/mol. The molecule has 0 aliphatic carbocycles. The lowest BCUT2D eigenvalue weighted by Crippen LogP contribution is -2.44. The molecule has 8 nitrogen and oxygen atoms in total. The Kier molecular flexibility index (Phi) is 6.43. The maximum absolute atomic E-state index is 13.1. The summed E-state index contributed by atoms with van der Waals surface area (Å²) >= 11 is 1.21. The number of amides is 2. The third kappa shape index (κ3) is 4.67. The number of aromatic nitrogens is 2. The number of hydrogen-bond donors (Lipinski definition) is 1. The van der Waals surface area contributed by atoms with Gasteiger partial charge in [-0.25, -0.2) is 4.98 Å². The van der Waals surface area contributed by atoms with Gasteiger partial charge < -0.3 is 15.0 Å². The number of hydrogen-bond acceptors (Lipinski definition) is 6. The van der Waals surface area contributed by atoms with Gasteiger partial charge in [-0.05, 0) is 43.6 Å². The van der Waals surface area contributed by atoms with E-state index in [4.69, 9.17) is 4.74 Å². The molecular formula is C22H30N4O4S. The first-order valence-electron chi connectivity index (χ1n) is 11.0. The number of rotatable bonds is 5. The molecule has 0 saturated carbocycles. The predicted octanol–water partition coefficient (Wildman–Crippen LogP) is 2.18. The fraction of sp³-hybridized carbons (Fsp3) is 0.636. The van der Waals surface area contributed by atoms with Gasteiger partial charge in [-0.2, -0.15) is 0 Å². The lowest BCUT2D eigenvalue weighted by atomic mass is 9.92. The zero-order valence-electron chi connectivity index (χ0n) is 18.3. The molecule has 2 aromatic heterocycles. The highest BCUT2D eigenvalue weighted by molar-refractivity contribution is 7.20. The van der Waals surface area contributed by atoms with Crippen LogP contribution in [0.2, 0.25) is 0 Å². The third-order valence-corrected chi connectivity index (χ3v) is 7.36. The van der Waals surface area contributed by atoms with E-state index in [9.17, 15) is 14.4 Å². The minimum absolute atomic E-state index is 0.0307. The van der Waals surface area contributed by atoms with Gasteiger partial charge in [0, 0.05) is 26.2 Å². The second kappa shape index (κ2) is 9.08. The van der Waals surface area contributed by atoms with Crippen molar-refractivity contribution in [1.29, 1.82) is 0 Å². The zero-order valence-corrected chi connectivity index (χ0v) is 19.2. The van der Waals surface area contributed by atoms with Crippen molar-refractivity contribution in [3.63, 3.8) is 0 Å². The molecule has 4 rings (SSSR count). The Hall–Kier alpha value is -2.26. The molecule has 4 heterocycles. The Bertz CT molecular complexity index is 1030. The SMILES string of the molecule is Cc1c(C(=O)NCC2CCCO2)sc2ncn(CC(=O)N3CC(C)CC(C)C3)c(=O)c12. The summed E-state index contributed by atoms with van der Waals surface area (Å²) in [5.74, 6) is 0.637. The van der Waals surface area contributed by atoms with E-state index in [2.05, 4.69) is 24.1 Å². The van der Waals surface area contributed by atoms with Gasteiger partial charge in [0.15, 0.2) is 0 Å². The second-order valence-corrected chi connectivity index (χ2v) is 10.0. The molecule has 0 aromatic carbocycles. The molecule has 2 aliphatic heterocycles. The van der Waals surface area contributed by atoms with Crippen molar-refractivity contribution in [2.45, 2.75) is 52.7 Å². The van der Waals surface area contributed by atoms with Crippen LogP contribution < -0.4 is 10.9 Å². The summed E-state index contributed by atoms with van der Waals surface area (Å²) in [7, 11) is 0. The molecule has 0 spiro atoms. The van der Waals surface area contributed by atoms with Crippen LogP contribution in [0.15, 0.2) is 11.1 Å². The van der Waals surface area contributed by atoms with E-state index in [1.54, 1.807) is 6.92 Å². The number of carbonyl (C=O) groups excluding carboxylic acids is 2. The molecule has 9 heteroatoms. The number of carbonyl (C=O) groups is 2. The van der Waals surface area contributed by atoms with Crippen LogP contribution in [0.5, 0.6) is 0 Å². The molecule has 1 N–H and O–H groups in total. The van der Waals surface area contributed by atoms with E-state index in [0.29, 0.717) is 39.0 Å². The molecule has 2 saturated heterocycles. The number of likely N-dealkylation sites (tertiary alicyclic amines) is 1. The number of nitrogens with one attached hydrogen (secondary N) is 1. The van der Waals surface area contributed by atoms with E-state index in [0.717, 1.165) is 39.0 Å². The second-order valence-electron chi connectivity index (χ2n) is 9.00. The maximum Gasteiger partial charge on any atom is 0.262 e. The van der Waals surface area contributed by atoms with Crippen molar-refractivity contribution in [2.75, 3.05) is 26.2 Å². The lowest BCUT2D eigenvalue weighted by molar-refractivity contribution is -0.134. The molecule has 3 unspecified atom stereocenters. The van der Waals surface area contributed by atoms with Crippen LogP contribution >= 0.6 is 11.3 Å². The van der Waals surface area contributed by atoms with Crippen molar-refractivity contribution in [1.82, 2.24) is 19.8 Å². The van der Waals surface area contributed by atoms with Crippen molar-refractivity contribution < 1.29 is 14.3 Å². The maximum atomic E-state index is 13.1. The monoisotopic (exact) mass is 446 g/mol. The smallest absolute Gasteiger partial charge is 0.262 e. The first kappa shape index (κ1) is 22.0. The average Bonchev–Trinajstić information content (AvgIpc) is 3.35. The quantitative estimate of drug-likeness (QED) is 0.760. The summed E-state index contributed by atoms with van der Waals surface area (Å²) in [6.45, 7) is 8.68. The number of fused-ring (bicyclic) bond motifs is 1. The topological polar surface area (TPSA) is 93.5 Å². The molecule has 3 atom stereocenters. The van der Waals surface area contributed by atoms with E-state index in [-0.39, 0.29) is 30.0 Å². The van der Waals surface area contributed by atoms with Gasteiger partial charge in [0.2, 0.25) is 5.91 Å². The summed E-state index contributed by atoms with van der Waals surface area (Å²) in [5.41, 5.74) is 0.340. The molecule has 2 fully saturated rings. The van der Waals surface area contributed by atoms with Gasteiger partial charge in [-0.3, -0.25) is 19.0 Å². The zero-order chi connectivity index (χ0) is 22.1. The van der Waals surface area contributed by atoms with Crippen molar-refractivity contribution in [3.8, 4) is 0 Å². The molecule has 0 bridgehead atoms. The number of piperidine rings is 1. The van der Waals surface area contributed by atoms with Gasteiger partial charge >= 0.3 is 0 Å². The van der Waals surface area contributed by atoms with E-state index in [1.807, 2.05) is 4.90 Å². The van der Waals surface area contributed by atoms with Crippen LogP contribution in [0.3, 0.4) is 0 Å². The Morgan fingerprint density at radius 3 is 2.71 bits per heavy atom. The molecule has 2 aromatic rings. The summed E-state index contributed by atoms with van der Waals surface area (Å²) in [5, 5.41) is 3.33. The van der Waals surface area contributed by atoms with Gasteiger partial charge in [0.05, 0.1) is 22.7 Å². The minimum Gasteiger partial charge on any atom is -0.376 e. The number of nitrogens with zero attached hydrogens (tertiary/aromatic N) is 3. The van der Waals surface area contributed by atoms with E-state index < -0.39 is 0 Å². The largest absolute Gasteiger partial charge is 0.376 e. The number of ether oxygens (including phenoxy) is 1. The summed E-state index contributed by atoms with van der Waals surface area (Å²) < 4.78 is 6.91. The fourth-order valence-corrected chi connectivity index (χ4v) is 5.75. The van der Waals surface area contributed by atoms with Crippen LogP contribution in [0.1, 0.15) is 48.3 Å². The van der Waals surface area contributed by atoms with Crippen molar-refractivity contribution in [2.24, 2.45) is 11.8 Å². The molecule has 0 radical (unpaired) electrons. The molecule has 2 aliphatic rings. The standard InChI is InChI=1S/C22H30N4O4S/c1-13-7-14(2)10-25(9-13)17(27)11-26-12-24-21-18(22(26)29)15(3)19(31-21)20(28)23-8-16-5-4-6-30-16/h12-14,16H,4-11H2,1-3H3,(H,23,28). The molecular weight excluding hydrogens is 416 g/mol. The van der Waals surface area contributed by atoms with Gasteiger partial charge in [-0.1, -0.05) is 13.8 Å². The number of aryl methyl sites for hydroxylation is 1. The minimum atomic E-state index is -0.275. The Morgan fingerprint density at radius 2 is 2.03 bits per heavy atom. The van der Waals surface area contributed by atoms with Crippen LogP contribution in [0.25, 0.3) is 10.2 Å². The van der Waals surface area contributed by atoms with Gasteiger partial charge in [-0.15, -0.1) is 11.3 Å². The van der Waals surface area contributed by atoms with Gasteiger partial charge in [0.1, 0.15) is 11.4 Å². The predicted molar refractivity (Wildman–Crippen MR) is 119 cm³/mol. The Morgan fingerprint density at radius 1 is 1.29 bits per heavy atom.